The topological polar surface area (TPSA) is 44.4 Å². The quantitative estimate of drug-likeness (QED) is 0.901. The van der Waals surface area contributed by atoms with Gasteiger partial charge in [0.05, 0.1) is 11.4 Å². The van der Waals surface area contributed by atoms with Crippen LogP contribution in [0.4, 0.5) is 11.4 Å². The number of carbonyl (C=O) groups excluding carboxylic acids is 1. The Morgan fingerprint density at radius 3 is 3.14 bits per heavy atom. The van der Waals surface area contributed by atoms with Crippen molar-refractivity contribution in [3.05, 3.63) is 18.2 Å². The van der Waals surface area contributed by atoms with Crippen LogP contribution in [0.2, 0.25) is 0 Å². The van der Waals surface area contributed by atoms with Crippen LogP contribution in [0.15, 0.2) is 23.1 Å². The van der Waals surface area contributed by atoms with Crippen molar-refractivity contribution in [1.29, 1.82) is 0 Å². The van der Waals surface area contributed by atoms with Crippen molar-refractivity contribution in [3.8, 4) is 0 Å². The third kappa shape index (κ3) is 3.71. The summed E-state index contributed by atoms with van der Waals surface area (Å²) in [5.41, 5.74) is 2.07. The summed E-state index contributed by atoms with van der Waals surface area (Å²) >= 11 is 1.61. The van der Waals surface area contributed by atoms with Crippen LogP contribution in [0.25, 0.3) is 0 Å². The number of nitrogens with zero attached hydrogens (tertiary/aromatic N) is 1. The average molecular weight is 305 g/mol. The van der Waals surface area contributed by atoms with Crippen molar-refractivity contribution >= 4 is 29.0 Å². The molecule has 1 atom stereocenters. The van der Waals surface area contributed by atoms with E-state index in [1.54, 1.807) is 11.8 Å². The lowest BCUT2D eigenvalue weighted by atomic mass is 10.1. The molecule has 1 saturated heterocycles. The highest BCUT2D eigenvalue weighted by molar-refractivity contribution is 8.00. The molecule has 2 heterocycles. The van der Waals surface area contributed by atoms with E-state index in [-0.39, 0.29) is 5.91 Å². The van der Waals surface area contributed by atoms with Gasteiger partial charge in [0.2, 0.25) is 5.91 Å². The molecule has 1 aromatic carbocycles. The Hall–Kier alpha value is -1.20. The number of benzene rings is 1. The van der Waals surface area contributed by atoms with Gasteiger partial charge in [0.1, 0.15) is 0 Å². The molecule has 0 aromatic heterocycles. The molecular formula is C16H23N3OS. The van der Waals surface area contributed by atoms with Gasteiger partial charge in [-0.2, -0.15) is 0 Å². The van der Waals surface area contributed by atoms with E-state index < -0.39 is 0 Å². The average Bonchev–Trinajstić information content (AvgIpc) is 2.72. The minimum atomic E-state index is 0.0951. The molecule has 2 N–H and O–H groups in total. The first-order valence-corrected chi connectivity index (χ1v) is 8.79. The number of anilines is 2. The zero-order chi connectivity index (χ0) is 14.7. The molecule has 2 aliphatic rings. The van der Waals surface area contributed by atoms with Gasteiger partial charge in [0.15, 0.2) is 0 Å². The Kier molecular flexibility index (Phi) is 4.70. The van der Waals surface area contributed by atoms with E-state index in [1.165, 1.54) is 32.4 Å². The summed E-state index contributed by atoms with van der Waals surface area (Å²) in [6, 6.07) is 6.84. The number of amides is 1. The molecule has 1 amide bonds. The maximum atomic E-state index is 11.5. The van der Waals surface area contributed by atoms with Gasteiger partial charge in [0, 0.05) is 23.2 Å². The van der Waals surface area contributed by atoms with Crippen LogP contribution in [-0.4, -0.2) is 42.2 Å². The Morgan fingerprint density at radius 2 is 2.29 bits per heavy atom. The van der Waals surface area contributed by atoms with E-state index >= 15 is 0 Å². The lowest BCUT2D eigenvalue weighted by Gasteiger charge is -2.21. The number of fused-ring (bicyclic) bond motifs is 1. The number of likely N-dealkylation sites (tertiary alicyclic amines) is 1. The van der Waals surface area contributed by atoms with Crippen LogP contribution in [0.3, 0.4) is 0 Å². The highest BCUT2D eigenvalue weighted by Crippen LogP contribution is 2.33. The number of carbonyl (C=O) groups is 1. The number of rotatable bonds is 3. The van der Waals surface area contributed by atoms with E-state index in [1.807, 2.05) is 0 Å². The molecule has 3 rings (SSSR count). The van der Waals surface area contributed by atoms with Crippen molar-refractivity contribution in [1.82, 2.24) is 4.90 Å². The standard InChI is InChI=1S/C16H23N3OS/c1-2-19-8-3-4-12(7-9-19)17-13-5-6-15-14(10-13)18-16(20)11-21-15/h5-6,10,12,17H,2-4,7-9,11H2,1H3,(H,18,20). The normalized spacial score (nSPS) is 23.1. The second-order valence-corrected chi connectivity index (χ2v) is 6.77. The van der Waals surface area contributed by atoms with Crippen LogP contribution in [0.1, 0.15) is 26.2 Å². The maximum absolute atomic E-state index is 11.5. The molecule has 21 heavy (non-hydrogen) atoms. The van der Waals surface area contributed by atoms with Gasteiger partial charge in [-0.15, -0.1) is 11.8 Å². The molecule has 0 radical (unpaired) electrons. The minimum absolute atomic E-state index is 0.0951. The fourth-order valence-electron chi connectivity index (χ4n) is 3.03. The highest BCUT2D eigenvalue weighted by Gasteiger charge is 2.18. The molecule has 4 nitrogen and oxygen atoms in total. The summed E-state index contributed by atoms with van der Waals surface area (Å²) in [6.45, 7) is 5.77. The van der Waals surface area contributed by atoms with Crippen LogP contribution in [0.5, 0.6) is 0 Å². The van der Waals surface area contributed by atoms with Crippen LogP contribution >= 0.6 is 11.8 Å². The van der Waals surface area contributed by atoms with E-state index in [4.69, 9.17) is 0 Å². The van der Waals surface area contributed by atoms with Gasteiger partial charge in [-0.25, -0.2) is 0 Å². The Morgan fingerprint density at radius 1 is 1.38 bits per heavy atom. The summed E-state index contributed by atoms with van der Waals surface area (Å²) in [4.78, 5) is 15.2. The predicted octanol–water partition coefficient (Wildman–Crippen LogP) is 3.02. The first-order valence-electron chi connectivity index (χ1n) is 7.80. The molecule has 1 aromatic rings. The monoisotopic (exact) mass is 305 g/mol. The third-order valence-electron chi connectivity index (χ3n) is 4.25. The summed E-state index contributed by atoms with van der Waals surface area (Å²) in [6.07, 6.45) is 3.66. The molecular weight excluding hydrogens is 282 g/mol. The second-order valence-electron chi connectivity index (χ2n) is 5.75. The summed E-state index contributed by atoms with van der Waals surface area (Å²) < 4.78 is 0. The molecule has 0 aliphatic carbocycles. The van der Waals surface area contributed by atoms with Crippen molar-refractivity contribution in [2.45, 2.75) is 37.1 Å². The van der Waals surface area contributed by atoms with Gasteiger partial charge in [-0.3, -0.25) is 4.79 Å². The Bertz CT molecular complexity index is 520. The lowest BCUT2D eigenvalue weighted by Crippen LogP contribution is -2.26. The van der Waals surface area contributed by atoms with Gasteiger partial charge < -0.3 is 15.5 Å². The van der Waals surface area contributed by atoms with Gasteiger partial charge in [0.25, 0.3) is 0 Å². The molecule has 1 unspecified atom stereocenters. The number of nitrogens with one attached hydrogen (secondary N) is 2. The molecule has 1 fully saturated rings. The van der Waals surface area contributed by atoms with Crippen LogP contribution in [-0.2, 0) is 4.79 Å². The fourth-order valence-corrected chi connectivity index (χ4v) is 3.81. The first-order chi connectivity index (χ1) is 10.2. The Labute approximate surface area is 130 Å². The van der Waals surface area contributed by atoms with Crippen LogP contribution in [0, 0.1) is 0 Å². The largest absolute Gasteiger partial charge is 0.382 e. The van der Waals surface area contributed by atoms with Gasteiger partial charge in [-0.05, 0) is 50.6 Å². The number of hydrogen-bond acceptors (Lipinski definition) is 4. The molecule has 0 spiro atoms. The first kappa shape index (κ1) is 14.7. The second kappa shape index (κ2) is 6.71. The zero-order valence-electron chi connectivity index (χ0n) is 12.5. The SMILES string of the molecule is CCN1CCCC(Nc2ccc3c(c2)NC(=O)CS3)CC1. The van der Waals surface area contributed by atoms with Crippen molar-refractivity contribution in [3.63, 3.8) is 0 Å². The Balaban J connectivity index is 1.65. The molecule has 0 bridgehead atoms. The summed E-state index contributed by atoms with van der Waals surface area (Å²) in [5.74, 6) is 0.618. The maximum Gasteiger partial charge on any atom is 0.234 e. The van der Waals surface area contributed by atoms with E-state index in [9.17, 15) is 4.79 Å². The fraction of sp³-hybridized carbons (Fsp3) is 0.562. The van der Waals surface area contributed by atoms with Crippen molar-refractivity contribution in [2.24, 2.45) is 0 Å². The molecule has 0 saturated carbocycles. The summed E-state index contributed by atoms with van der Waals surface area (Å²) in [5, 5.41) is 6.60. The van der Waals surface area contributed by atoms with Crippen LogP contribution < -0.4 is 10.6 Å². The third-order valence-corrected chi connectivity index (χ3v) is 5.32. The molecule has 2 aliphatic heterocycles. The van der Waals surface area contributed by atoms with Gasteiger partial charge >= 0.3 is 0 Å². The summed E-state index contributed by atoms with van der Waals surface area (Å²) in [7, 11) is 0. The van der Waals surface area contributed by atoms with Crippen molar-refractivity contribution in [2.75, 3.05) is 36.0 Å². The minimum Gasteiger partial charge on any atom is -0.382 e. The van der Waals surface area contributed by atoms with Gasteiger partial charge in [-0.1, -0.05) is 6.92 Å². The molecule has 114 valence electrons. The van der Waals surface area contributed by atoms with E-state index in [2.05, 4.69) is 40.7 Å². The zero-order valence-corrected chi connectivity index (χ0v) is 13.3. The number of hydrogen-bond donors (Lipinski definition) is 2. The lowest BCUT2D eigenvalue weighted by molar-refractivity contribution is -0.113. The predicted molar refractivity (Wildman–Crippen MR) is 89.2 cm³/mol. The van der Waals surface area contributed by atoms with E-state index in [0.717, 1.165) is 22.8 Å². The smallest absolute Gasteiger partial charge is 0.234 e. The molecule has 5 heteroatoms. The highest BCUT2D eigenvalue weighted by atomic mass is 32.2. The van der Waals surface area contributed by atoms with E-state index in [0.29, 0.717) is 11.8 Å². The van der Waals surface area contributed by atoms with Crippen molar-refractivity contribution < 1.29 is 4.79 Å². The number of thioether (sulfide) groups is 1.